The minimum absolute atomic E-state index is 0.0887. The monoisotopic (exact) mass is 221 g/mol. The molecule has 1 amide bonds. The second kappa shape index (κ2) is 4.78. The molecule has 0 spiro atoms. The molecule has 0 radical (unpaired) electrons. The van der Waals surface area contributed by atoms with E-state index in [9.17, 15) is 4.79 Å². The molecule has 1 aromatic rings. The Morgan fingerprint density at radius 3 is 3.12 bits per heavy atom. The van der Waals surface area contributed by atoms with E-state index in [2.05, 4.69) is 32.7 Å². The number of H-pyrrole nitrogens is 1. The van der Waals surface area contributed by atoms with Crippen LogP contribution in [0, 0.1) is 5.92 Å². The maximum Gasteiger partial charge on any atom is 0.288 e. The molecule has 4 N–H and O–H groups in total. The van der Waals surface area contributed by atoms with E-state index in [4.69, 9.17) is 5.73 Å². The number of anilines is 1. The number of nitrogen functional groups attached to an aromatic ring is 1. The van der Waals surface area contributed by atoms with Crippen LogP contribution in [0.3, 0.4) is 0 Å². The summed E-state index contributed by atoms with van der Waals surface area (Å²) in [5.41, 5.74) is 5.31. The van der Waals surface area contributed by atoms with Crippen LogP contribution in [0.5, 0.6) is 0 Å². The lowest BCUT2D eigenvalue weighted by molar-refractivity contribution is 0.0936. The number of hydrogen-bond acceptors (Lipinski definition) is 4. The number of aromatic nitrogens is 3. The number of allylic oxidation sites excluding steroid dienone is 2. The van der Waals surface area contributed by atoms with Crippen molar-refractivity contribution in [2.45, 2.75) is 19.3 Å². The molecule has 2 rings (SSSR count). The molecular formula is C10H15N5O. The standard InChI is InChI=1S/C10H15N5O/c11-10-13-8(14-15-10)9(16)12-6-7-4-2-1-3-5-7/h1-2,7H,3-6H2,(H,12,16)(H3,11,13,14,15). The maximum atomic E-state index is 11.6. The number of carbonyl (C=O) groups is 1. The summed E-state index contributed by atoms with van der Waals surface area (Å²) in [4.78, 5) is 15.3. The molecule has 0 bridgehead atoms. The maximum absolute atomic E-state index is 11.6. The highest BCUT2D eigenvalue weighted by molar-refractivity contribution is 5.90. The molecule has 0 aromatic carbocycles. The molecular weight excluding hydrogens is 206 g/mol. The van der Waals surface area contributed by atoms with E-state index in [0.29, 0.717) is 12.5 Å². The lowest BCUT2D eigenvalue weighted by Gasteiger charge is -2.17. The van der Waals surface area contributed by atoms with Crippen molar-refractivity contribution in [3.8, 4) is 0 Å². The average Bonchev–Trinajstić information content (AvgIpc) is 2.74. The van der Waals surface area contributed by atoms with E-state index in [1.807, 2.05) is 0 Å². The number of nitrogens with zero attached hydrogens (tertiary/aromatic N) is 2. The van der Waals surface area contributed by atoms with Gasteiger partial charge in [0.05, 0.1) is 0 Å². The second-order valence-corrected chi connectivity index (χ2v) is 3.90. The van der Waals surface area contributed by atoms with E-state index in [1.165, 1.54) is 0 Å². The molecule has 1 unspecified atom stereocenters. The lowest BCUT2D eigenvalue weighted by atomic mass is 9.94. The van der Waals surface area contributed by atoms with Crippen molar-refractivity contribution in [2.24, 2.45) is 5.92 Å². The Bertz CT molecular complexity index is 398. The van der Waals surface area contributed by atoms with Crippen molar-refractivity contribution in [1.29, 1.82) is 0 Å². The molecule has 0 saturated heterocycles. The van der Waals surface area contributed by atoms with Crippen molar-refractivity contribution in [3.63, 3.8) is 0 Å². The van der Waals surface area contributed by atoms with E-state index in [-0.39, 0.29) is 17.7 Å². The lowest BCUT2D eigenvalue weighted by Crippen LogP contribution is -2.30. The minimum atomic E-state index is -0.251. The molecule has 1 aromatic heterocycles. The van der Waals surface area contributed by atoms with Crippen LogP contribution in [0.1, 0.15) is 29.9 Å². The molecule has 0 aliphatic heterocycles. The van der Waals surface area contributed by atoms with Crippen LogP contribution in [0.2, 0.25) is 0 Å². The molecule has 86 valence electrons. The van der Waals surface area contributed by atoms with Crippen LogP contribution >= 0.6 is 0 Å². The number of nitrogens with one attached hydrogen (secondary N) is 2. The van der Waals surface area contributed by atoms with Crippen molar-refractivity contribution < 1.29 is 4.79 Å². The molecule has 1 heterocycles. The van der Waals surface area contributed by atoms with Gasteiger partial charge < -0.3 is 11.1 Å². The van der Waals surface area contributed by atoms with Gasteiger partial charge in [-0.15, -0.1) is 5.10 Å². The Morgan fingerprint density at radius 2 is 2.50 bits per heavy atom. The summed E-state index contributed by atoms with van der Waals surface area (Å²) >= 11 is 0. The first-order valence-corrected chi connectivity index (χ1v) is 5.37. The molecule has 0 saturated carbocycles. The summed E-state index contributed by atoms with van der Waals surface area (Å²) < 4.78 is 0. The van der Waals surface area contributed by atoms with Gasteiger partial charge in [0.25, 0.3) is 5.91 Å². The fourth-order valence-corrected chi connectivity index (χ4v) is 1.74. The van der Waals surface area contributed by atoms with Crippen LogP contribution in [-0.4, -0.2) is 27.6 Å². The smallest absolute Gasteiger partial charge is 0.288 e. The first-order chi connectivity index (χ1) is 7.75. The summed E-state index contributed by atoms with van der Waals surface area (Å²) in [7, 11) is 0. The fourth-order valence-electron chi connectivity index (χ4n) is 1.74. The van der Waals surface area contributed by atoms with Crippen LogP contribution in [-0.2, 0) is 0 Å². The summed E-state index contributed by atoms with van der Waals surface area (Å²) in [5.74, 6) is 0.530. The van der Waals surface area contributed by atoms with Gasteiger partial charge >= 0.3 is 0 Å². The molecule has 1 aliphatic carbocycles. The minimum Gasteiger partial charge on any atom is -0.366 e. The van der Waals surface area contributed by atoms with Gasteiger partial charge in [-0.1, -0.05) is 12.2 Å². The van der Waals surface area contributed by atoms with Gasteiger partial charge in [-0.25, -0.2) is 0 Å². The highest BCUT2D eigenvalue weighted by atomic mass is 16.2. The Balaban J connectivity index is 1.81. The van der Waals surface area contributed by atoms with Gasteiger partial charge in [0.2, 0.25) is 11.8 Å². The normalized spacial score (nSPS) is 19.6. The Morgan fingerprint density at radius 1 is 1.62 bits per heavy atom. The highest BCUT2D eigenvalue weighted by Crippen LogP contribution is 2.16. The summed E-state index contributed by atoms with van der Waals surface area (Å²) in [6.07, 6.45) is 7.58. The zero-order valence-corrected chi connectivity index (χ0v) is 8.94. The highest BCUT2D eigenvalue weighted by Gasteiger charge is 2.14. The molecule has 6 nitrogen and oxygen atoms in total. The zero-order chi connectivity index (χ0) is 11.4. The van der Waals surface area contributed by atoms with Gasteiger partial charge in [0.15, 0.2) is 0 Å². The number of hydrogen-bond donors (Lipinski definition) is 3. The molecule has 1 aliphatic rings. The summed E-state index contributed by atoms with van der Waals surface area (Å²) in [5, 5.41) is 8.90. The number of nitrogens with two attached hydrogens (primary N) is 1. The predicted octanol–water partition coefficient (Wildman–Crippen LogP) is 0.473. The predicted molar refractivity (Wildman–Crippen MR) is 59.6 cm³/mol. The topological polar surface area (TPSA) is 96.7 Å². The van der Waals surface area contributed by atoms with Crippen LogP contribution < -0.4 is 11.1 Å². The average molecular weight is 221 g/mol. The molecule has 0 fully saturated rings. The number of rotatable bonds is 3. The van der Waals surface area contributed by atoms with Crippen LogP contribution in [0.4, 0.5) is 5.95 Å². The van der Waals surface area contributed by atoms with E-state index in [1.54, 1.807) is 0 Å². The van der Waals surface area contributed by atoms with Crippen molar-refractivity contribution in [1.82, 2.24) is 20.5 Å². The van der Waals surface area contributed by atoms with Crippen LogP contribution in [0.15, 0.2) is 12.2 Å². The molecule has 6 heteroatoms. The Labute approximate surface area is 93.3 Å². The fraction of sp³-hybridized carbons (Fsp3) is 0.500. The quantitative estimate of drug-likeness (QED) is 0.646. The third-order valence-electron chi connectivity index (χ3n) is 2.65. The van der Waals surface area contributed by atoms with Crippen molar-refractivity contribution in [3.05, 3.63) is 18.0 Å². The first kappa shape index (κ1) is 10.7. The Hall–Kier alpha value is -1.85. The van der Waals surface area contributed by atoms with Gasteiger partial charge in [0, 0.05) is 6.54 Å². The van der Waals surface area contributed by atoms with Crippen molar-refractivity contribution in [2.75, 3.05) is 12.3 Å². The first-order valence-electron chi connectivity index (χ1n) is 5.37. The van der Waals surface area contributed by atoms with Gasteiger partial charge in [-0.3, -0.25) is 9.89 Å². The zero-order valence-electron chi connectivity index (χ0n) is 8.94. The molecule has 16 heavy (non-hydrogen) atoms. The van der Waals surface area contributed by atoms with Gasteiger partial charge in [-0.2, -0.15) is 4.98 Å². The van der Waals surface area contributed by atoms with Crippen molar-refractivity contribution >= 4 is 11.9 Å². The van der Waals surface area contributed by atoms with E-state index >= 15 is 0 Å². The number of carbonyl (C=O) groups excluding carboxylic acids is 1. The van der Waals surface area contributed by atoms with Gasteiger partial charge in [-0.05, 0) is 25.2 Å². The van der Waals surface area contributed by atoms with E-state index in [0.717, 1.165) is 19.3 Å². The number of amides is 1. The third-order valence-corrected chi connectivity index (χ3v) is 2.65. The molecule has 1 atom stereocenters. The second-order valence-electron chi connectivity index (χ2n) is 3.90. The third kappa shape index (κ3) is 2.59. The van der Waals surface area contributed by atoms with E-state index < -0.39 is 0 Å². The largest absolute Gasteiger partial charge is 0.366 e. The SMILES string of the molecule is Nc1n[nH]c(C(=O)NCC2CC=CCC2)n1. The van der Waals surface area contributed by atoms with Gasteiger partial charge in [0.1, 0.15) is 0 Å². The van der Waals surface area contributed by atoms with Crippen LogP contribution in [0.25, 0.3) is 0 Å². The summed E-state index contributed by atoms with van der Waals surface area (Å²) in [6, 6.07) is 0. The number of aromatic amines is 1. The Kier molecular flexibility index (Phi) is 3.19. The summed E-state index contributed by atoms with van der Waals surface area (Å²) in [6.45, 7) is 0.670.